The van der Waals surface area contributed by atoms with Gasteiger partial charge in [0, 0.05) is 6.20 Å². The normalized spacial score (nSPS) is 23.4. The SMILES string of the molecule is CC1=NCc2ncc(B3OC(C)(C)C(C)(C)O3)nc21. The van der Waals surface area contributed by atoms with Gasteiger partial charge in [-0.25, -0.2) is 0 Å². The minimum atomic E-state index is -0.462. The second kappa shape index (κ2) is 3.87. The van der Waals surface area contributed by atoms with E-state index in [9.17, 15) is 0 Å². The lowest BCUT2D eigenvalue weighted by atomic mass is 9.85. The van der Waals surface area contributed by atoms with Crippen LogP contribution in [-0.2, 0) is 15.9 Å². The summed E-state index contributed by atoms with van der Waals surface area (Å²) in [5, 5.41) is 0. The third-order valence-corrected chi connectivity index (χ3v) is 4.17. The smallest absolute Gasteiger partial charge is 0.398 e. The number of aliphatic imine (C=N–C) groups is 1. The van der Waals surface area contributed by atoms with Gasteiger partial charge in [-0.05, 0) is 34.6 Å². The van der Waals surface area contributed by atoms with Gasteiger partial charge in [0.1, 0.15) is 5.69 Å². The highest BCUT2D eigenvalue weighted by molar-refractivity contribution is 6.61. The van der Waals surface area contributed by atoms with Gasteiger partial charge in [0.25, 0.3) is 0 Å². The molecule has 0 aromatic carbocycles. The Kier molecular flexibility index (Phi) is 2.60. The summed E-state index contributed by atoms with van der Waals surface area (Å²) < 4.78 is 12.0. The molecule has 3 heterocycles. The van der Waals surface area contributed by atoms with Gasteiger partial charge in [-0.1, -0.05) is 0 Å². The Morgan fingerprint density at radius 3 is 2.42 bits per heavy atom. The van der Waals surface area contributed by atoms with Crippen molar-refractivity contribution < 1.29 is 9.31 Å². The van der Waals surface area contributed by atoms with E-state index in [0.29, 0.717) is 12.1 Å². The Balaban J connectivity index is 1.93. The molecule has 2 aliphatic rings. The Morgan fingerprint density at radius 2 is 1.79 bits per heavy atom. The van der Waals surface area contributed by atoms with Crippen LogP contribution < -0.4 is 5.59 Å². The number of nitrogens with zero attached hydrogens (tertiary/aromatic N) is 3. The van der Waals surface area contributed by atoms with E-state index < -0.39 is 7.12 Å². The van der Waals surface area contributed by atoms with E-state index in [1.807, 2.05) is 34.6 Å². The third-order valence-electron chi connectivity index (χ3n) is 4.17. The molecule has 1 fully saturated rings. The molecule has 0 saturated carbocycles. The minimum absolute atomic E-state index is 0.360. The fourth-order valence-corrected chi connectivity index (χ4v) is 2.18. The number of rotatable bonds is 1. The quantitative estimate of drug-likeness (QED) is 0.708. The largest absolute Gasteiger partial charge is 0.516 e. The molecule has 6 heteroatoms. The van der Waals surface area contributed by atoms with Crippen molar-refractivity contribution in [2.75, 3.05) is 0 Å². The molecule has 0 unspecified atom stereocenters. The van der Waals surface area contributed by atoms with Crippen LogP contribution in [-0.4, -0.2) is 34.0 Å². The van der Waals surface area contributed by atoms with Crippen LogP contribution in [0.2, 0.25) is 0 Å². The van der Waals surface area contributed by atoms with E-state index in [1.165, 1.54) is 0 Å². The van der Waals surface area contributed by atoms with Crippen LogP contribution in [0, 0.1) is 0 Å². The molecule has 0 atom stereocenters. The predicted octanol–water partition coefficient (Wildman–Crippen LogP) is 1.10. The highest BCUT2D eigenvalue weighted by Crippen LogP contribution is 2.36. The maximum Gasteiger partial charge on any atom is 0.516 e. The van der Waals surface area contributed by atoms with E-state index in [-0.39, 0.29) is 11.2 Å². The van der Waals surface area contributed by atoms with Crippen molar-refractivity contribution in [3.63, 3.8) is 0 Å². The molecule has 0 aliphatic carbocycles. The standard InChI is InChI=1S/C13H18BN3O2/c1-8-11-9(6-15-8)16-7-10(17-11)14-18-12(2,3)13(4,5)19-14/h7H,6H2,1-5H3. The maximum absolute atomic E-state index is 5.98. The lowest BCUT2D eigenvalue weighted by Crippen LogP contribution is -2.41. The lowest BCUT2D eigenvalue weighted by Gasteiger charge is -2.32. The second-order valence-electron chi connectivity index (χ2n) is 6.08. The number of hydrogen-bond donors (Lipinski definition) is 0. The van der Waals surface area contributed by atoms with E-state index in [4.69, 9.17) is 9.31 Å². The van der Waals surface area contributed by atoms with Gasteiger partial charge in [-0.15, -0.1) is 0 Å². The molecule has 3 rings (SSSR count). The van der Waals surface area contributed by atoms with Crippen molar-refractivity contribution in [2.24, 2.45) is 4.99 Å². The summed E-state index contributed by atoms with van der Waals surface area (Å²) in [6, 6.07) is 0. The molecule has 1 saturated heterocycles. The highest BCUT2D eigenvalue weighted by atomic mass is 16.7. The average Bonchev–Trinajstić information content (AvgIpc) is 2.78. The molecule has 19 heavy (non-hydrogen) atoms. The van der Waals surface area contributed by atoms with Crippen molar-refractivity contribution >= 4 is 18.4 Å². The summed E-state index contributed by atoms with van der Waals surface area (Å²) in [5.74, 6) is 0. The second-order valence-corrected chi connectivity index (χ2v) is 6.08. The summed E-state index contributed by atoms with van der Waals surface area (Å²) in [6.07, 6.45) is 1.73. The highest BCUT2D eigenvalue weighted by Gasteiger charge is 2.52. The van der Waals surface area contributed by atoms with Crippen LogP contribution >= 0.6 is 0 Å². The van der Waals surface area contributed by atoms with E-state index in [0.717, 1.165) is 17.1 Å². The molecule has 0 N–H and O–H groups in total. The van der Waals surface area contributed by atoms with Crippen molar-refractivity contribution in [2.45, 2.75) is 52.4 Å². The van der Waals surface area contributed by atoms with Crippen LogP contribution in [0.5, 0.6) is 0 Å². The first kappa shape index (κ1) is 12.8. The van der Waals surface area contributed by atoms with Crippen LogP contribution in [0.3, 0.4) is 0 Å². The first-order valence-corrected chi connectivity index (χ1v) is 6.53. The topological polar surface area (TPSA) is 56.6 Å². The van der Waals surface area contributed by atoms with Gasteiger partial charge >= 0.3 is 7.12 Å². The fraction of sp³-hybridized carbons (Fsp3) is 0.615. The minimum Gasteiger partial charge on any atom is -0.398 e. The fourth-order valence-electron chi connectivity index (χ4n) is 2.18. The van der Waals surface area contributed by atoms with Crippen molar-refractivity contribution in [3.8, 4) is 0 Å². The summed E-state index contributed by atoms with van der Waals surface area (Å²) in [5.41, 5.74) is 2.72. The zero-order valence-corrected chi connectivity index (χ0v) is 12.0. The Hall–Kier alpha value is -1.27. The van der Waals surface area contributed by atoms with Gasteiger partial charge in [0.15, 0.2) is 0 Å². The molecular formula is C13H18BN3O2. The van der Waals surface area contributed by atoms with Gasteiger partial charge in [0.2, 0.25) is 0 Å². The molecule has 0 amide bonds. The van der Waals surface area contributed by atoms with E-state index in [2.05, 4.69) is 15.0 Å². The van der Waals surface area contributed by atoms with Gasteiger partial charge < -0.3 is 9.31 Å². The average molecular weight is 259 g/mol. The molecule has 100 valence electrons. The molecule has 0 radical (unpaired) electrons. The monoisotopic (exact) mass is 259 g/mol. The van der Waals surface area contributed by atoms with Crippen molar-refractivity contribution in [3.05, 3.63) is 17.6 Å². The number of fused-ring (bicyclic) bond motifs is 1. The Bertz CT molecular complexity index is 553. The third kappa shape index (κ3) is 1.90. The van der Waals surface area contributed by atoms with Gasteiger partial charge in [-0.3, -0.25) is 15.0 Å². The molecule has 0 bridgehead atoms. The Labute approximate surface area is 113 Å². The summed E-state index contributed by atoms with van der Waals surface area (Å²) in [7, 11) is -0.462. The van der Waals surface area contributed by atoms with Gasteiger partial charge in [0.05, 0.1) is 34.7 Å². The molecule has 2 aliphatic heterocycles. The molecule has 0 spiro atoms. The number of hydrogen-bond acceptors (Lipinski definition) is 5. The lowest BCUT2D eigenvalue weighted by molar-refractivity contribution is 0.00578. The maximum atomic E-state index is 5.98. The summed E-state index contributed by atoms with van der Waals surface area (Å²) >= 11 is 0. The van der Waals surface area contributed by atoms with Gasteiger partial charge in [-0.2, -0.15) is 0 Å². The first-order chi connectivity index (χ1) is 8.80. The predicted molar refractivity (Wildman–Crippen MR) is 73.7 cm³/mol. The van der Waals surface area contributed by atoms with Crippen LogP contribution in [0.4, 0.5) is 0 Å². The zero-order valence-electron chi connectivity index (χ0n) is 12.0. The summed E-state index contributed by atoms with van der Waals surface area (Å²) in [4.78, 5) is 13.4. The van der Waals surface area contributed by atoms with Crippen LogP contribution in [0.15, 0.2) is 11.2 Å². The molecule has 1 aromatic heterocycles. The molecule has 1 aromatic rings. The van der Waals surface area contributed by atoms with Crippen molar-refractivity contribution in [1.82, 2.24) is 9.97 Å². The van der Waals surface area contributed by atoms with Crippen LogP contribution in [0.1, 0.15) is 46.0 Å². The molecular weight excluding hydrogens is 241 g/mol. The Morgan fingerprint density at radius 1 is 1.16 bits per heavy atom. The van der Waals surface area contributed by atoms with Crippen LogP contribution in [0.25, 0.3) is 0 Å². The van der Waals surface area contributed by atoms with E-state index in [1.54, 1.807) is 6.20 Å². The van der Waals surface area contributed by atoms with Crippen molar-refractivity contribution in [1.29, 1.82) is 0 Å². The van der Waals surface area contributed by atoms with E-state index >= 15 is 0 Å². The first-order valence-electron chi connectivity index (χ1n) is 6.53. The summed E-state index contributed by atoms with van der Waals surface area (Å²) in [6.45, 7) is 10.7. The number of aromatic nitrogens is 2. The zero-order chi connectivity index (χ0) is 13.8. The molecule has 5 nitrogen and oxygen atoms in total.